The zero-order valence-electron chi connectivity index (χ0n) is 11.8. The van der Waals surface area contributed by atoms with Gasteiger partial charge in [-0.3, -0.25) is 9.89 Å². The molecule has 6 heteroatoms. The maximum Gasteiger partial charge on any atom is 0.239 e. The van der Waals surface area contributed by atoms with Crippen LogP contribution in [0.5, 0.6) is 0 Å². The fourth-order valence-electron chi connectivity index (χ4n) is 2.43. The molecule has 108 valence electrons. The van der Waals surface area contributed by atoms with Crippen LogP contribution in [0.4, 0.5) is 0 Å². The van der Waals surface area contributed by atoms with E-state index in [9.17, 15) is 4.79 Å². The molecule has 0 fully saturated rings. The van der Waals surface area contributed by atoms with E-state index in [1.54, 1.807) is 0 Å². The second-order valence-corrected chi connectivity index (χ2v) is 4.96. The molecule has 3 rings (SSSR count). The molecule has 0 unspecified atom stereocenters. The van der Waals surface area contributed by atoms with Gasteiger partial charge >= 0.3 is 0 Å². The number of para-hydroxylation sites is 1. The van der Waals surface area contributed by atoms with E-state index in [1.807, 2.05) is 29.7 Å². The fourth-order valence-corrected chi connectivity index (χ4v) is 2.43. The summed E-state index contributed by atoms with van der Waals surface area (Å²) in [7, 11) is 0. The Bertz CT molecular complexity index is 745. The second kappa shape index (κ2) is 5.78. The lowest BCUT2D eigenvalue weighted by Crippen LogP contribution is -2.29. The minimum Gasteiger partial charge on any atom is -0.354 e. The predicted octanol–water partition coefficient (Wildman–Crippen LogP) is 1.43. The summed E-state index contributed by atoms with van der Waals surface area (Å²) >= 11 is 0. The van der Waals surface area contributed by atoms with Gasteiger partial charge in [0.15, 0.2) is 0 Å². The first-order valence-electron chi connectivity index (χ1n) is 6.90. The number of benzene rings is 1. The highest BCUT2D eigenvalue weighted by molar-refractivity contribution is 5.84. The standard InChI is InChI=1S/C15H17N5O/c1-11-8-12-4-2-3-5-13(12)20(11)9-15(21)16-7-6-14-17-10-18-19-14/h2-5,8,10H,6-7,9H2,1H3,(H,16,21)(H,17,18,19). The molecule has 2 N–H and O–H groups in total. The van der Waals surface area contributed by atoms with E-state index in [2.05, 4.69) is 32.6 Å². The van der Waals surface area contributed by atoms with Crippen LogP contribution in [0.3, 0.4) is 0 Å². The smallest absolute Gasteiger partial charge is 0.239 e. The quantitative estimate of drug-likeness (QED) is 0.743. The molecule has 1 aromatic carbocycles. The van der Waals surface area contributed by atoms with E-state index in [-0.39, 0.29) is 5.91 Å². The summed E-state index contributed by atoms with van der Waals surface area (Å²) in [5.41, 5.74) is 2.17. The first kappa shape index (κ1) is 13.4. The Morgan fingerprint density at radius 1 is 1.38 bits per heavy atom. The average Bonchev–Trinajstić information content (AvgIpc) is 3.08. The lowest BCUT2D eigenvalue weighted by Gasteiger charge is -2.08. The summed E-state index contributed by atoms with van der Waals surface area (Å²) in [6.07, 6.45) is 2.11. The molecule has 0 bridgehead atoms. The number of carbonyl (C=O) groups excluding carboxylic acids is 1. The summed E-state index contributed by atoms with van der Waals surface area (Å²) < 4.78 is 2.03. The number of aryl methyl sites for hydroxylation is 1. The van der Waals surface area contributed by atoms with E-state index < -0.39 is 0 Å². The first-order chi connectivity index (χ1) is 10.2. The molecule has 0 saturated heterocycles. The molecule has 0 saturated carbocycles. The number of aromatic amines is 1. The van der Waals surface area contributed by atoms with Crippen molar-refractivity contribution in [1.82, 2.24) is 25.1 Å². The topological polar surface area (TPSA) is 75.6 Å². The number of rotatable bonds is 5. The summed E-state index contributed by atoms with van der Waals surface area (Å²) in [5.74, 6) is 0.775. The summed E-state index contributed by atoms with van der Waals surface area (Å²) in [5, 5.41) is 10.6. The lowest BCUT2D eigenvalue weighted by molar-refractivity contribution is -0.121. The van der Waals surface area contributed by atoms with Crippen LogP contribution in [0.2, 0.25) is 0 Å². The van der Waals surface area contributed by atoms with Crippen LogP contribution in [0.25, 0.3) is 10.9 Å². The van der Waals surface area contributed by atoms with Gasteiger partial charge in [-0.1, -0.05) is 18.2 Å². The van der Waals surface area contributed by atoms with Crippen molar-refractivity contribution in [3.8, 4) is 0 Å². The summed E-state index contributed by atoms with van der Waals surface area (Å²) in [4.78, 5) is 16.1. The highest BCUT2D eigenvalue weighted by atomic mass is 16.1. The van der Waals surface area contributed by atoms with E-state index in [1.165, 1.54) is 6.33 Å². The van der Waals surface area contributed by atoms with Gasteiger partial charge in [-0.05, 0) is 24.4 Å². The van der Waals surface area contributed by atoms with Crippen molar-refractivity contribution in [2.45, 2.75) is 19.9 Å². The van der Waals surface area contributed by atoms with Gasteiger partial charge in [0.05, 0.1) is 0 Å². The molecule has 0 aliphatic heterocycles. The number of hydrogen-bond donors (Lipinski definition) is 2. The molecule has 0 atom stereocenters. The van der Waals surface area contributed by atoms with Gasteiger partial charge in [-0.2, -0.15) is 5.10 Å². The van der Waals surface area contributed by atoms with Gasteiger partial charge in [-0.25, -0.2) is 4.98 Å². The first-order valence-corrected chi connectivity index (χ1v) is 6.90. The van der Waals surface area contributed by atoms with Crippen LogP contribution >= 0.6 is 0 Å². The van der Waals surface area contributed by atoms with E-state index in [4.69, 9.17) is 0 Å². The third-order valence-electron chi connectivity index (χ3n) is 3.47. The van der Waals surface area contributed by atoms with Crippen LogP contribution in [0, 0.1) is 6.92 Å². The minimum absolute atomic E-state index is 0.000955. The minimum atomic E-state index is -0.000955. The molecular weight excluding hydrogens is 266 g/mol. The number of hydrogen-bond acceptors (Lipinski definition) is 3. The number of nitrogens with zero attached hydrogens (tertiary/aromatic N) is 3. The molecule has 0 aliphatic carbocycles. The molecule has 6 nitrogen and oxygen atoms in total. The van der Waals surface area contributed by atoms with Crippen molar-refractivity contribution in [2.24, 2.45) is 0 Å². The Kier molecular flexibility index (Phi) is 3.68. The van der Waals surface area contributed by atoms with Gasteiger partial charge < -0.3 is 9.88 Å². The maximum atomic E-state index is 12.1. The van der Waals surface area contributed by atoms with Crippen molar-refractivity contribution in [3.05, 3.63) is 48.2 Å². The molecule has 2 aromatic heterocycles. The van der Waals surface area contributed by atoms with Gasteiger partial charge in [-0.15, -0.1) is 0 Å². The molecule has 3 aromatic rings. The molecule has 1 amide bonds. The molecule has 0 radical (unpaired) electrons. The van der Waals surface area contributed by atoms with Crippen molar-refractivity contribution in [2.75, 3.05) is 6.54 Å². The molecule has 0 aliphatic rings. The van der Waals surface area contributed by atoms with Gasteiger partial charge in [0.25, 0.3) is 0 Å². The number of aromatic nitrogens is 4. The Morgan fingerprint density at radius 3 is 3.05 bits per heavy atom. The second-order valence-electron chi connectivity index (χ2n) is 4.96. The maximum absolute atomic E-state index is 12.1. The number of fused-ring (bicyclic) bond motifs is 1. The van der Waals surface area contributed by atoms with Gasteiger partial charge in [0.2, 0.25) is 5.91 Å². The van der Waals surface area contributed by atoms with E-state index >= 15 is 0 Å². The largest absolute Gasteiger partial charge is 0.354 e. The van der Waals surface area contributed by atoms with E-state index in [0.717, 1.165) is 22.4 Å². The lowest BCUT2D eigenvalue weighted by atomic mass is 10.2. The zero-order valence-corrected chi connectivity index (χ0v) is 11.8. The van der Waals surface area contributed by atoms with Gasteiger partial charge in [0, 0.05) is 24.2 Å². The van der Waals surface area contributed by atoms with Crippen molar-refractivity contribution >= 4 is 16.8 Å². The van der Waals surface area contributed by atoms with Crippen LogP contribution < -0.4 is 5.32 Å². The van der Waals surface area contributed by atoms with Crippen LogP contribution in [-0.2, 0) is 17.8 Å². The third kappa shape index (κ3) is 2.94. The number of H-pyrrole nitrogens is 1. The predicted molar refractivity (Wildman–Crippen MR) is 79.8 cm³/mol. The summed E-state index contributed by atoms with van der Waals surface area (Å²) in [6.45, 7) is 2.89. The molecular formula is C15H17N5O. The average molecular weight is 283 g/mol. The monoisotopic (exact) mass is 283 g/mol. The van der Waals surface area contributed by atoms with Crippen molar-refractivity contribution in [1.29, 1.82) is 0 Å². The molecule has 2 heterocycles. The Morgan fingerprint density at radius 2 is 2.24 bits per heavy atom. The molecule has 21 heavy (non-hydrogen) atoms. The Hall–Kier alpha value is -2.63. The highest BCUT2D eigenvalue weighted by Gasteiger charge is 2.09. The Labute approximate surface area is 122 Å². The van der Waals surface area contributed by atoms with Crippen molar-refractivity contribution in [3.63, 3.8) is 0 Å². The normalized spacial score (nSPS) is 10.9. The fraction of sp³-hybridized carbons (Fsp3) is 0.267. The number of nitrogens with one attached hydrogen (secondary N) is 2. The SMILES string of the molecule is Cc1cc2ccccc2n1CC(=O)NCCc1ncn[nH]1. The van der Waals surface area contributed by atoms with Crippen LogP contribution in [0.1, 0.15) is 11.5 Å². The zero-order chi connectivity index (χ0) is 14.7. The third-order valence-corrected chi connectivity index (χ3v) is 3.47. The number of amides is 1. The van der Waals surface area contributed by atoms with E-state index in [0.29, 0.717) is 19.5 Å². The highest BCUT2D eigenvalue weighted by Crippen LogP contribution is 2.18. The van der Waals surface area contributed by atoms with Gasteiger partial charge in [0.1, 0.15) is 18.7 Å². The van der Waals surface area contributed by atoms with Crippen molar-refractivity contribution < 1.29 is 4.79 Å². The van der Waals surface area contributed by atoms with Crippen LogP contribution in [-0.4, -0.2) is 32.2 Å². The van der Waals surface area contributed by atoms with Crippen LogP contribution in [0.15, 0.2) is 36.7 Å². The Balaban J connectivity index is 1.62. The summed E-state index contributed by atoms with van der Waals surface area (Å²) in [6, 6.07) is 10.2. The molecule has 0 spiro atoms. The number of carbonyl (C=O) groups is 1.